The number of anilines is 1. The Morgan fingerprint density at radius 3 is 2.85 bits per heavy atom. The third kappa shape index (κ3) is 4.00. The molecule has 2 aromatic carbocycles. The highest BCUT2D eigenvalue weighted by Crippen LogP contribution is 2.28. The van der Waals surface area contributed by atoms with Crippen molar-refractivity contribution < 1.29 is 9.32 Å². The molecule has 6 nitrogen and oxygen atoms in total. The minimum atomic E-state index is -0.0897. The van der Waals surface area contributed by atoms with Gasteiger partial charge in [0.2, 0.25) is 11.7 Å². The molecule has 0 radical (unpaired) electrons. The Balaban J connectivity index is 1.44. The molecule has 4 rings (SSSR count). The summed E-state index contributed by atoms with van der Waals surface area (Å²) in [6.45, 7) is 3.31. The Hall–Kier alpha value is -3.15. The van der Waals surface area contributed by atoms with Crippen LogP contribution in [0.2, 0.25) is 0 Å². The fraction of sp³-hybridized carbons (Fsp3) is 0.286. The molecule has 0 bridgehead atoms. The van der Waals surface area contributed by atoms with Crippen molar-refractivity contribution in [1.82, 2.24) is 15.0 Å². The molecule has 1 atom stereocenters. The van der Waals surface area contributed by atoms with E-state index < -0.39 is 0 Å². The number of nitrogens with one attached hydrogen (secondary N) is 1. The van der Waals surface area contributed by atoms with Gasteiger partial charge in [0.25, 0.3) is 0 Å². The van der Waals surface area contributed by atoms with Gasteiger partial charge in [0.1, 0.15) is 0 Å². The Morgan fingerprint density at radius 2 is 2.04 bits per heavy atom. The number of rotatable bonds is 3. The van der Waals surface area contributed by atoms with Gasteiger partial charge in [-0.1, -0.05) is 47.6 Å². The molecule has 3 aromatic rings. The number of carbonyl (C=O) groups is 1. The van der Waals surface area contributed by atoms with Crippen LogP contribution in [0, 0.1) is 6.92 Å². The van der Waals surface area contributed by atoms with Gasteiger partial charge >= 0.3 is 6.03 Å². The third-order valence-electron chi connectivity index (χ3n) is 4.80. The summed E-state index contributed by atoms with van der Waals surface area (Å²) in [5.74, 6) is 1.25. The number of hydrogen-bond donors (Lipinski definition) is 1. The number of benzene rings is 2. The Labute approximate surface area is 158 Å². The largest absolute Gasteiger partial charge is 0.339 e. The van der Waals surface area contributed by atoms with E-state index in [0.717, 1.165) is 36.2 Å². The van der Waals surface area contributed by atoms with Crippen LogP contribution in [0.15, 0.2) is 59.1 Å². The highest BCUT2D eigenvalue weighted by atomic mass is 16.5. The summed E-state index contributed by atoms with van der Waals surface area (Å²) < 4.78 is 5.50. The van der Waals surface area contributed by atoms with Crippen LogP contribution in [0.25, 0.3) is 11.4 Å². The molecule has 1 aromatic heterocycles. The van der Waals surface area contributed by atoms with Crippen molar-refractivity contribution >= 4 is 11.7 Å². The summed E-state index contributed by atoms with van der Waals surface area (Å²) in [6, 6.07) is 17.5. The van der Waals surface area contributed by atoms with E-state index >= 15 is 0 Å². The van der Waals surface area contributed by atoms with Gasteiger partial charge in [-0.2, -0.15) is 4.98 Å². The average Bonchev–Trinajstić information content (AvgIpc) is 3.19. The molecule has 138 valence electrons. The molecule has 27 heavy (non-hydrogen) atoms. The standard InChI is InChI=1S/C21H22N4O2/c1-15-7-5-11-18(13-15)22-21(26)25-12-6-10-17(14-25)20-23-19(24-27-20)16-8-3-2-4-9-16/h2-5,7-9,11,13,17H,6,10,12,14H2,1H3,(H,22,26). The molecular formula is C21H22N4O2. The zero-order valence-corrected chi connectivity index (χ0v) is 15.3. The summed E-state index contributed by atoms with van der Waals surface area (Å²) >= 11 is 0. The summed E-state index contributed by atoms with van der Waals surface area (Å²) in [5, 5.41) is 7.08. The average molecular weight is 362 g/mol. The second-order valence-corrected chi connectivity index (χ2v) is 6.91. The monoisotopic (exact) mass is 362 g/mol. The summed E-state index contributed by atoms with van der Waals surface area (Å²) in [7, 11) is 0. The number of urea groups is 1. The molecular weight excluding hydrogens is 340 g/mol. The molecule has 0 saturated carbocycles. The van der Waals surface area contributed by atoms with E-state index in [4.69, 9.17) is 4.52 Å². The van der Waals surface area contributed by atoms with Crippen molar-refractivity contribution in [3.05, 3.63) is 66.1 Å². The first-order valence-corrected chi connectivity index (χ1v) is 9.20. The quantitative estimate of drug-likeness (QED) is 0.747. The van der Waals surface area contributed by atoms with Crippen LogP contribution >= 0.6 is 0 Å². The second-order valence-electron chi connectivity index (χ2n) is 6.91. The van der Waals surface area contributed by atoms with Gasteiger partial charge in [0.15, 0.2) is 0 Å². The maximum Gasteiger partial charge on any atom is 0.321 e. The topological polar surface area (TPSA) is 71.3 Å². The first-order valence-electron chi connectivity index (χ1n) is 9.20. The summed E-state index contributed by atoms with van der Waals surface area (Å²) in [6.07, 6.45) is 1.85. The lowest BCUT2D eigenvalue weighted by molar-refractivity contribution is 0.184. The highest BCUT2D eigenvalue weighted by molar-refractivity contribution is 5.89. The first kappa shape index (κ1) is 17.3. The molecule has 2 heterocycles. The molecule has 0 spiro atoms. The lowest BCUT2D eigenvalue weighted by Crippen LogP contribution is -2.41. The molecule has 6 heteroatoms. The molecule has 1 fully saturated rings. The van der Waals surface area contributed by atoms with E-state index in [1.165, 1.54) is 0 Å². The minimum absolute atomic E-state index is 0.0620. The summed E-state index contributed by atoms with van der Waals surface area (Å²) in [5.41, 5.74) is 2.85. The van der Waals surface area contributed by atoms with Gasteiger partial charge in [-0.3, -0.25) is 0 Å². The smallest absolute Gasteiger partial charge is 0.321 e. The lowest BCUT2D eigenvalue weighted by atomic mass is 9.98. The zero-order valence-electron chi connectivity index (χ0n) is 15.3. The first-order chi connectivity index (χ1) is 13.2. The molecule has 1 unspecified atom stereocenters. The number of carbonyl (C=O) groups excluding carboxylic acids is 1. The maximum absolute atomic E-state index is 12.6. The van der Waals surface area contributed by atoms with Crippen molar-refractivity contribution in [3.63, 3.8) is 0 Å². The molecule has 0 aliphatic carbocycles. The number of likely N-dealkylation sites (tertiary alicyclic amines) is 1. The van der Waals surface area contributed by atoms with E-state index in [1.807, 2.05) is 66.4 Å². The van der Waals surface area contributed by atoms with E-state index in [-0.39, 0.29) is 11.9 Å². The van der Waals surface area contributed by atoms with Crippen LogP contribution in [0.1, 0.15) is 30.2 Å². The van der Waals surface area contributed by atoms with E-state index in [0.29, 0.717) is 18.3 Å². The number of hydrogen-bond acceptors (Lipinski definition) is 4. The normalized spacial score (nSPS) is 16.9. The van der Waals surface area contributed by atoms with Crippen LogP contribution in [0.5, 0.6) is 0 Å². The molecule has 1 aliphatic rings. The van der Waals surface area contributed by atoms with Gasteiger partial charge in [-0.05, 0) is 37.5 Å². The van der Waals surface area contributed by atoms with Gasteiger partial charge in [-0.25, -0.2) is 4.79 Å². The third-order valence-corrected chi connectivity index (χ3v) is 4.80. The summed E-state index contributed by atoms with van der Waals surface area (Å²) in [4.78, 5) is 19.0. The molecule has 1 aliphatic heterocycles. The Morgan fingerprint density at radius 1 is 1.19 bits per heavy atom. The highest BCUT2D eigenvalue weighted by Gasteiger charge is 2.28. The van der Waals surface area contributed by atoms with Crippen molar-refractivity contribution in [2.75, 3.05) is 18.4 Å². The van der Waals surface area contributed by atoms with Crippen LogP contribution in [0.4, 0.5) is 10.5 Å². The fourth-order valence-corrected chi connectivity index (χ4v) is 3.39. The van der Waals surface area contributed by atoms with Gasteiger partial charge in [-0.15, -0.1) is 0 Å². The van der Waals surface area contributed by atoms with Gasteiger partial charge in [0.05, 0.1) is 5.92 Å². The van der Waals surface area contributed by atoms with E-state index in [9.17, 15) is 4.79 Å². The maximum atomic E-state index is 12.6. The van der Waals surface area contributed by atoms with Crippen molar-refractivity contribution in [2.45, 2.75) is 25.7 Å². The van der Waals surface area contributed by atoms with Gasteiger partial charge in [0, 0.05) is 24.3 Å². The second kappa shape index (κ2) is 7.61. The van der Waals surface area contributed by atoms with Crippen molar-refractivity contribution in [1.29, 1.82) is 0 Å². The zero-order chi connectivity index (χ0) is 18.6. The van der Waals surface area contributed by atoms with E-state index in [2.05, 4.69) is 15.5 Å². The predicted molar refractivity (Wildman–Crippen MR) is 103 cm³/mol. The van der Waals surface area contributed by atoms with Crippen LogP contribution in [0.3, 0.4) is 0 Å². The number of aromatic nitrogens is 2. The predicted octanol–water partition coefficient (Wildman–Crippen LogP) is 4.46. The van der Waals surface area contributed by atoms with Crippen molar-refractivity contribution in [3.8, 4) is 11.4 Å². The van der Waals surface area contributed by atoms with Crippen molar-refractivity contribution in [2.24, 2.45) is 0 Å². The number of aryl methyl sites for hydroxylation is 1. The fourth-order valence-electron chi connectivity index (χ4n) is 3.39. The van der Waals surface area contributed by atoms with Crippen LogP contribution in [-0.4, -0.2) is 34.2 Å². The molecule has 1 N–H and O–H groups in total. The number of piperidine rings is 1. The van der Waals surface area contributed by atoms with E-state index in [1.54, 1.807) is 0 Å². The molecule has 2 amide bonds. The van der Waals surface area contributed by atoms with Crippen LogP contribution < -0.4 is 5.32 Å². The number of amides is 2. The minimum Gasteiger partial charge on any atom is -0.339 e. The Bertz CT molecular complexity index is 923. The SMILES string of the molecule is Cc1cccc(NC(=O)N2CCCC(c3nc(-c4ccccc4)no3)C2)c1. The lowest BCUT2D eigenvalue weighted by Gasteiger charge is -2.31. The number of nitrogens with zero attached hydrogens (tertiary/aromatic N) is 3. The molecule has 1 saturated heterocycles. The van der Waals surface area contributed by atoms with Gasteiger partial charge < -0.3 is 14.7 Å². The Kier molecular flexibility index (Phi) is 4.87. The van der Waals surface area contributed by atoms with Crippen LogP contribution in [-0.2, 0) is 0 Å².